The van der Waals surface area contributed by atoms with E-state index in [4.69, 9.17) is 4.74 Å². The van der Waals surface area contributed by atoms with Gasteiger partial charge in [-0.1, -0.05) is 34.1 Å². The molecule has 120 valence electrons. The third-order valence-electron chi connectivity index (χ3n) is 3.31. The summed E-state index contributed by atoms with van der Waals surface area (Å²) in [5.41, 5.74) is 1.50. The summed E-state index contributed by atoms with van der Waals surface area (Å²) in [4.78, 5) is 16.0. The zero-order chi connectivity index (χ0) is 16.8. The minimum absolute atomic E-state index is 0.151. The summed E-state index contributed by atoms with van der Waals surface area (Å²) >= 11 is 3.42. The van der Waals surface area contributed by atoms with Crippen LogP contribution in [0, 0.1) is 0 Å². The number of ether oxygens (including phenoxy) is 1. The second-order valence-corrected chi connectivity index (χ2v) is 6.05. The van der Waals surface area contributed by atoms with Crippen molar-refractivity contribution in [2.24, 2.45) is 0 Å². The number of aromatic nitrogens is 1. The summed E-state index contributed by atoms with van der Waals surface area (Å²) in [6.07, 6.45) is 3.18. The Hall–Kier alpha value is -2.66. The first-order valence-corrected chi connectivity index (χ1v) is 8.20. The van der Waals surface area contributed by atoms with Gasteiger partial charge in [-0.25, -0.2) is 0 Å². The minimum atomic E-state index is -0.151. The highest BCUT2D eigenvalue weighted by Gasteiger charge is 2.05. The number of benzene rings is 2. The Morgan fingerprint density at radius 3 is 2.58 bits per heavy atom. The summed E-state index contributed by atoms with van der Waals surface area (Å²) < 4.78 is 6.80. The minimum Gasteiger partial charge on any atom is -0.457 e. The van der Waals surface area contributed by atoms with E-state index in [9.17, 15) is 4.79 Å². The molecule has 0 atom stereocenters. The molecule has 0 aliphatic heterocycles. The van der Waals surface area contributed by atoms with Gasteiger partial charge in [-0.15, -0.1) is 0 Å². The number of rotatable bonds is 5. The van der Waals surface area contributed by atoms with E-state index in [-0.39, 0.29) is 5.91 Å². The van der Waals surface area contributed by atoms with Gasteiger partial charge in [0.15, 0.2) is 0 Å². The number of nitrogens with zero attached hydrogens (tertiary/aromatic N) is 1. The predicted octanol–water partition coefficient (Wildman–Crippen LogP) is 4.57. The van der Waals surface area contributed by atoms with Crippen LogP contribution in [0.3, 0.4) is 0 Å². The maximum atomic E-state index is 12.0. The van der Waals surface area contributed by atoms with Gasteiger partial charge in [0.25, 0.3) is 5.91 Å². The summed E-state index contributed by atoms with van der Waals surface area (Å²) in [6.45, 7) is 0.420. The van der Waals surface area contributed by atoms with Gasteiger partial charge in [0, 0.05) is 23.4 Å². The number of pyridine rings is 1. The molecule has 1 N–H and O–H groups in total. The number of carbonyl (C=O) groups excluding carboxylic acids is 1. The first kappa shape index (κ1) is 16.2. The van der Waals surface area contributed by atoms with Crippen LogP contribution in [0.25, 0.3) is 0 Å². The lowest BCUT2D eigenvalue weighted by Gasteiger charge is -2.09. The van der Waals surface area contributed by atoms with E-state index >= 15 is 0 Å². The highest BCUT2D eigenvalue weighted by atomic mass is 79.9. The van der Waals surface area contributed by atoms with Crippen molar-refractivity contribution in [1.29, 1.82) is 0 Å². The lowest BCUT2D eigenvalue weighted by molar-refractivity contribution is 0.0950. The molecule has 5 heteroatoms. The molecular formula is C19H15BrN2O2. The molecular weight excluding hydrogens is 368 g/mol. The SMILES string of the molecule is O=C(NCc1cccc(Oc2cccc(Br)c2)c1)c1cccnc1. The van der Waals surface area contributed by atoms with Gasteiger partial charge in [-0.2, -0.15) is 0 Å². The fraction of sp³-hybridized carbons (Fsp3) is 0.0526. The van der Waals surface area contributed by atoms with Crippen molar-refractivity contribution in [2.45, 2.75) is 6.54 Å². The van der Waals surface area contributed by atoms with Crippen LogP contribution in [-0.4, -0.2) is 10.9 Å². The van der Waals surface area contributed by atoms with Crippen molar-refractivity contribution in [3.05, 3.63) is 88.7 Å². The van der Waals surface area contributed by atoms with E-state index < -0.39 is 0 Å². The fourth-order valence-corrected chi connectivity index (χ4v) is 2.55. The Labute approximate surface area is 148 Å². The summed E-state index contributed by atoms with van der Waals surface area (Å²) in [5, 5.41) is 2.87. The molecule has 0 aliphatic carbocycles. The molecule has 0 fully saturated rings. The van der Waals surface area contributed by atoms with Gasteiger partial charge < -0.3 is 10.1 Å². The summed E-state index contributed by atoms with van der Waals surface area (Å²) in [5.74, 6) is 1.32. The van der Waals surface area contributed by atoms with Crippen LogP contribution < -0.4 is 10.1 Å². The zero-order valence-corrected chi connectivity index (χ0v) is 14.4. The maximum absolute atomic E-state index is 12.0. The van der Waals surface area contributed by atoms with Gasteiger partial charge in [-0.3, -0.25) is 9.78 Å². The molecule has 3 aromatic rings. The predicted molar refractivity (Wildman–Crippen MR) is 96.1 cm³/mol. The highest BCUT2D eigenvalue weighted by molar-refractivity contribution is 9.10. The second kappa shape index (κ2) is 7.75. The van der Waals surface area contributed by atoms with E-state index in [1.807, 2.05) is 48.5 Å². The lowest BCUT2D eigenvalue weighted by Crippen LogP contribution is -2.22. The molecule has 0 radical (unpaired) electrons. The maximum Gasteiger partial charge on any atom is 0.253 e. The summed E-state index contributed by atoms with van der Waals surface area (Å²) in [6, 6.07) is 18.7. The molecule has 1 amide bonds. The number of amides is 1. The molecule has 2 aromatic carbocycles. The van der Waals surface area contributed by atoms with Crippen LogP contribution in [0.4, 0.5) is 0 Å². The normalized spacial score (nSPS) is 10.2. The molecule has 0 saturated carbocycles. The number of nitrogens with one attached hydrogen (secondary N) is 1. The van der Waals surface area contributed by atoms with Gasteiger partial charge in [0.05, 0.1) is 5.56 Å². The largest absolute Gasteiger partial charge is 0.457 e. The molecule has 0 bridgehead atoms. The quantitative estimate of drug-likeness (QED) is 0.703. The van der Waals surface area contributed by atoms with E-state index in [1.54, 1.807) is 24.5 Å². The Kier molecular flexibility index (Phi) is 5.23. The van der Waals surface area contributed by atoms with Gasteiger partial charge in [0.1, 0.15) is 11.5 Å². The topological polar surface area (TPSA) is 51.2 Å². The third kappa shape index (κ3) is 4.43. The Bertz CT molecular complexity index is 838. The van der Waals surface area contributed by atoms with Crippen molar-refractivity contribution < 1.29 is 9.53 Å². The van der Waals surface area contributed by atoms with Crippen LogP contribution in [0.1, 0.15) is 15.9 Å². The molecule has 0 spiro atoms. The van der Waals surface area contributed by atoms with Crippen molar-refractivity contribution >= 4 is 21.8 Å². The van der Waals surface area contributed by atoms with E-state index in [1.165, 1.54) is 0 Å². The average molecular weight is 383 g/mol. The first-order chi connectivity index (χ1) is 11.7. The standard InChI is InChI=1S/C19H15BrN2O2/c20-16-6-2-8-18(11-16)24-17-7-1-4-14(10-17)12-22-19(23)15-5-3-9-21-13-15/h1-11,13H,12H2,(H,22,23). The van der Waals surface area contributed by atoms with Crippen LogP contribution in [0.2, 0.25) is 0 Å². The van der Waals surface area contributed by atoms with Gasteiger partial charge in [-0.05, 0) is 48.0 Å². The molecule has 1 aromatic heterocycles. The number of halogens is 1. The zero-order valence-electron chi connectivity index (χ0n) is 12.8. The van der Waals surface area contributed by atoms with Gasteiger partial charge >= 0.3 is 0 Å². The molecule has 1 heterocycles. The number of carbonyl (C=O) groups is 1. The highest BCUT2D eigenvalue weighted by Crippen LogP contribution is 2.24. The second-order valence-electron chi connectivity index (χ2n) is 5.13. The smallest absolute Gasteiger partial charge is 0.253 e. The van der Waals surface area contributed by atoms with Crippen LogP contribution in [0.15, 0.2) is 77.5 Å². The van der Waals surface area contributed by atoms with E-state index in [0.29, 0.717) is 12.1 Å². The number of hydrogen-bond donors (Lipinski definition) is 1. The molecule has 0 saturated heterocycles. The molecule has 0 unspecified atom stereocenters. The first-order valence-electron chi connectivity index (χ1n) is 7.41. The average Bonchev–Trinajstić information content (AvgIpc) is 2.61. The monoisotopic (exact) mass is 382 g/mol. The third-order valence-corrected chi connectivity index (χ3v) is 3.80. The van der Waals surface area contributed by atoms with Gasteiger partial charge in [0.2, 0.25) is 0 Å². The molecule has 24 heavy (non-hydrogen) atoms. The van der Waals surface area contributed by atoms with Crippen LogP contribution in [0.5, 0.6) is 11.5 Å². The lowest BCUT2D eigenvalue weighted by atomic mass is 10.2. The number of hydrogen-bond acceptors (Lipinski definition) is 3. The molecule has 3 rings (SSSR count). The molecule has 0 aliphatic rings. The summed E-state index contributed by atoms with van der Waals surface area (Å²) in [7, 11) is 0. The van der Waals surface area contributed by atoms with Crippen molar-refractivity contribution in [3.63, 3.8) is 0 Å². The van der Waals surface area contributed by atoms with E-state index in [0.717, 1.165) is 21.5 Å². The van der Waals surface area contributed by atoms with E-state index in [2.05, 4.69) is 26.2 Å². The van der Waals surface area contributed by atoms with Crippen molar-refractivity contribution in [2.75, 3.05) is 0 Å². The Morgan fingerprint density at radius 1 is 1.04 bits per heavy atom. The van der Waals surface area contributed by atoms with Crippen molar-refractivity contribution in [3.8, 4) is 11.5 Å². The van der Waals surface area contributed by atoms with Crippen LogP contribution in [-0.2, 0) is 6.54 Å². The Balaban J connectivity index is 1.64. The van der Waals surface area contributed by atoms with Crippen LogP contribution >= 0.6 is 15.9 Å². The molecule has 4 nitrogen and oxygen atoms in total. The van der Waals surface area contributed by atoms with Crippen molar-refractivity contribution in [1.82, 2.24) is 10.3 Å². The fourth-order valence-electron chi connectivity index (χ4n) is 2.17. The Morgan fingerprint density at radius 2 is 1.83 bits per heavy atom.